The van der Waals surface area contributed by atoms with E-state index in [9.17, 15) is 0 Å². The zero-order valence-corrected chi connectivity index (χ0v) is 25.1. The maximum atomic E-state index is 6.71. The second-order valence-electron chi connectivity index (χ2n) is 9.77. The highest BCUT2D eigenvalue weighted by molar-refractivity contribution is 7.26. The topological polar surface area (TPSA) is 18.5 Å². The third kappa shape index (κ3) is 5.06. The summed E-state index contributed by atoms with van der Waals surface area (Å²) in [4.78, 5) is 5.30. The SMILES string of the molecule is CCOc1ccc2ccccc2c1-c1c(OCCc2cc(-c3cccs3)sc2-c2cccs2)ccc2ccccc12. The third-order valence-electron chi connectivity index (χ3n) is 7.28. The van der Waals surface area contributed by atoms with Gasteiger partial charge in [-0.2, -0.15) is 0 Å². The van der Waals surface area contributed by atoms with Crippen molar-refractivity contribution in [3.8, 4) is 42.1 Å². The predicted octanol–water partition coefficient (Wildman–Crippen LogP) is 11.2. The van der Waals surface area contributed by atoms with Crippen molar-refractivity contribution in [2.24, 2.45) is 0 Å². The Bertz CT molecular complexity index is 1930. The standard InChI is InChI=1S/C36H28O2S3/c1-2-37-29-17-15-24-9-3-5-11-27(24)34(29)35-28-12-6-4-10-25(28)16-18-30(35)38-20-19-26-23-33(31-13-7-21-39-31)41-36(26)32-14-8-22-40-32/h3-18,21-23H,2,19-20H2,1H3. The molecule has 0 aliphatic carbocycles. The molecule has 3 heterocycles. The number of hydrogen-bond acceptors (Lipinski definition) is 5. The third-order valence-corrected chi connectivity index (χ3v) is 10.6. The minimum absolute atomic E-state index is 0.582. The Morgan fingerprint density at radius 1 is 0.585 bits per heavy atom. The monoisotopic (exact) mass is 588 g/mol. The molecule has 7 aromatic rings. The lowest BCUT2D eigenvalue weighted by Gasteiger charge is -2.19. The second kappa shape index (κ2) is 11.5. The average Bonchev–Trinajstić information content (AvgIpc) is 3.80. The molecule has 0 bridgehead atoms. The van der Waals surface area contributed by atoms with Crippen LogP contribution in [-0.2, 0) is 6.42 Å². The molecule has 7 rings (SSSR count). The molecule has 5 heteroatoms. The van der Waals surface area contributed by atoms with Gasteiger partial charge in [0.05, 0.1) is 13.2 Å². The Morgan fingerprint density at radius 2 is 1.20 bits per heavy atom. The average molecular weight is 589 g/mol. The van der Waals surface area contributed by atoms with Gasteiger partial charge < -0.3 is 9.47 Å². The van der Waals surface area contributed by atoms with E-state index in [0.717, 1.165) is 39.8 Å². The molecule has 0 atom stereocenters. The van der Waals surface area contributed by atoms with E-state index in [1.165, 1.54) is 35.8 Å². The lowest BCUT2D eigenvalue weighted by molar-refractivity contribution is 0.323. The number of fused-ring (bicyclic) bond motifs is 2. The molecule has 41 heavy (non-hydrogen) atoms. The second-order valence-corrected chi connectivity index (χ2v) is 12.7. The van der Waals surface area contributed by atoms with Gasteiger partial charge in [-0.3, -0.25) is 0 Å². The fraction of sp³-hybridized carbons (Fsp3) is 0.111. The molecule has 0 spiro atoms. The molecular weight excluding hydrogens is 561 g/mol. The quantitative estimate of drug-likeness (QED) is 0.167. The maximum Gasteiger partial charge on any atom is 0.127 e. The molecule has 0 saturated heterocycles. The summed E-state index contributed by atoms with van der Waals surface area (Å²) in [7, 11) is 0. The van der Waals surface area contributed by atoms with Gasteiger partial charge in [-0.25, -0.2) is 0 Å². The lowest BCUT2D eigenvalue weighted by Crippen LogP contribution is -2.04. The fourth-order valence-corrected chi connectivity index (χ4v) is 8.38. The molecule has 0 aliphatic rings. The van der Waals surface area contributed by atoms with E-state index in [1.807, 2.05) is 18.3 Å². The van der Waals surface area contributed by atoms with Gasteiger partial charge in [-0.1, -0.05) is 72.8 Å². The number of hydrogen-bond donors (Lipinski definition) is 0. The molecular formula is C36H28O2S3. The van der Waals surface area contributed by atoms with Crippen LogP contribution in [0.5, 0.6) is 11.5 Å². The number of thiophene rings is 3. The Kier molecular flexibility index (Phi) is 7.32. The minimum atomic E-state index is 0.582. The summed E-state index contributed by atoms with van der Waals surface area (Å²) in [5.41, 5.74) is 3.52. The summed E-state index contributed by atoms with van der Waals surface area (Å²) in [5, 5.41) is 9.00. The highest BCUT2D eigenvalue weighted by Crippen LogP contribution is 2.46. The van der Waals surface area contributed by atoms with Crippen molar-refractivity contribution in [3.05, 3.63) is 119 Å². The molecule has 0 fully saturated rings. The van der Waals surface area contributed by atoms with Gasteiger partial charge in [-0.05, 0) is 75.1 Å². The van der Waals surface area contributed by atoms with Crippen molar-refractivity contribution >= 4 is 55.6 Å². The summed E-state index contributed by atoms with van der Waals surface area (Å²) in [5.74, 6) is 1.76. The van der Waals surface area contributed by atoms with Crippen molar-refractivity contribution in [1.29, 1.82) is 0 Å². The minimum Gasteiger partial charge on any atom is -0.493 e. The van der Waals surface area contributed by atoms with E-state index in [4.69, 9.17) is 9.47 Å². The number of rotatable bonds is 9. The van der Waals surface area contributed by atoms with E-state index in [-0.39, 0.29) is 0 Å². The van der Waals surface area contributed by atoms with Gasteiger partial charge in [0.15, 0.2) is 0 Å². The van der Waals surface area contributed by atoms with Gasteiger partial charge in [0.1, 0.15) is 11.5 Å². The highest BCUT2D eigenvalue weighted by Gasteiger charge is 2.20. The molecule has 0 radical (unpaired) electrons. The summed E-state index contributed by atoms with van der Waals surface area (Å²) < 4.78 is 12.9. The van der Waals surface area contributed by atoms with Crippen LogP contribution in [0.2, 0.25) is 0 Å². The molecule has 0 aliphatic heterocycles. The first kappa shape index (κ1) is 26.0. The van der Waals surface area contributed by atoms with Gasteiger partial charge in [0.2, 0.25) is 0 Å². The van der Waals surface area contributed by atoms with Gasteiger partial charge in [-0.15, -0.1) is 34.0 Å². The Morgan fingerprint density at radius 3 is 1.80 bits per heavy atom. The van der Waals surface area contributed by atoms with E-state index in [0.29, 0.717) is 13.2 Å². The molecule has 0 unspecified atom stereocenters. The predicted molar refractivity (Wildman–Crippen MR) is 178 cm³/mol. The lowest BCUT2D eigenvalue weighted by atomic mass is 9.92. The van der Waals surface area contributed by atoms with Crippen LogP contribution in [0.3, 0.4) is 0 Å². The summed E-state index contributed by atoms with van der Waals surface area (Å²) in [6.07, 6.45) is 0.829. The van der Waals surface area contributed by atoms with Crippen molar-refractivity contribution in [3.63, 3.8) is 0 Å². The smallest absolute Gasteiger partial charge is 0.127 e. The summed E-state index contributed by atoms with van der Waals surface area (Å²) in [6, 6.07) is 36.6. The van der Waals surface area contributed by atoms with E-state index >= 15 is 0 Å². The van der Waals surface area contributed by atoms with Crippen LogP contribution in [0.1, 0.15) is 12.5 Å². The molecule has 3 aromatic heterocycles. The largest absolute Gasteiger partial charge is 0.493 e. The van der Waals surface area contributed by atoms with Crippen molar-refractivity contribution < 1.29 is 9.47 Å². The van der Waals surface area contributed by atoms with Crippen LogP contribution in [0.4, 0.5) is 0 Å². The molecule has 0 N–H and O–H groups in total. The number of ether oxygens (including phenoxy) is 2. The Labute approximate surface area is 252 Å². The van der Waals surface area contributed by atoms with Crippen molar-refractivity contribution in [2.75, 3.05) is 13.2 Å². The van der Waals surface area contributed by atoms with Gasteiger partial charge in [0, 0.05) is 37.1 Å². The summed E-state index contributed by atoms with van der Waals surface area (Å²) in [6.45, 7) is 3.22. The van der Waals surface area contributed by atoms with Gasteiger partial charge in [0.25, 0.3) is 0 Å². The van der Waals surface area contributed by atoms with Crippen LogP contribution >= 0.6 is 34.0 Å². The van der Waals surface area contributed by atoms with Crippen molar-refractivity contribution in [1.82, 2.24) is 0 Å². The maximum absolute atomic E-state index is 6.71. The van der Waals surface area contributed by atoms with Crippen LogP contribution in [0.25, 0.3) is 52.2 Å². The molecule has 0 amide bonds. The fourth-order valence-electron chi connectivity index (χ4n) is 5.46. The normalized spacial score (nSPS) is 11.3. The first-order chi connectivity index (χ1) is 20.3. The van der Waals surface area contributed by atoms with Crippen LogP contribution in [0, 0.1) is 0 Å². The van der Waals surface area contributed by atoms with E-state index < -0.39 is 0 Å². The molecule has 202 valence electrons. The van der Waals surface area contributed by atoms with Crippen LogP contribution < -0.4 is 9.47 Å². The van der Waals surface area contributed by atoms with Gasteiger partial charge >= 0.3 is 0 Å². The highest BCUT2D eigenvalue weighted by atomic mass is 32.1. The Hall–Kier alpha value is -3.90. The van der Waals surface area contributed by atoms with E-state index in [2.05, 4.69) is 114 Å². The van der Waals surface area contributed by atoms with Crippen LogP contribution in [-0.4, -0.2) is 13.2 Å². The first-order valence-corrected chi connectivity index (χ1v) is 16.4. The Balaban J connectivity index is 1.29. The molecule has 2 nitrogen and oxygen atoms in total. The van der Waals surface area contributed by atoms with Crippen molar-refractivity contribution in [2.45, 2.75) is 13.3 Å². The zero-order chi connectivity index (χ0) is 27.6. The summed E-state index contributed by atoms with van der Waals surface area (Å²) >= 11 is 5.47. The first-order valence-electron chi connectivity index (χ1n) is 13.8. The molecule has 0 saturated carbocycles. The van der Waals surface area contributed by atoms with E-state index in [1.54, 1.807) is 22.7 Å². The molecule has 4 aromatic carbocycles. The number of benzene rings is 4. The van der Waals surface area contributed by atoms with Crippen LogP contribution in [0.15, 0.2) is 114 Å². The zero-order valence-electron chi connectivity index (χ0n) is 22.6.